The monoisotopic (exact) mass is 517 g/mol. The molecular weight excluding hydrogens is 486 g/mol. The number of carbonyl (C=O) groups is 3. The molecule has 2 heterocycles. The van der Waals surface area contributed by atoms with Crippen LogP contribution in [-0.4, -0.2) is 73.2 Å². The van der Waals surface area contributed by atoms with Gasteiger partial charge in [-0.15, -0.1) is 13.2 Å². The van der Waals surface area contributed by atoms with Crippen molar-refractivity contribution < 1.29 is 28.6 Å². The Hall–Kier alpha value is -4.21. The first kappa shape index (κ1) is 26.8. The van der Waals surface area contributed by atoms with E-state index in [1.165, 1.54) is 19.2 Å². The lowest BCUT2D eigenvalue weighted by Gasteiger charge is -2.35. The van der Waals surface area contributed by atoms with Gasteiger partial charge in [0, 0.05) is 13.1 Å². The van der Waals surface area contributed by atoms with Gasteiger partial charge in [0.25, 0.3) is 5.91 Å². The van der Waals surface area contributed by atoms with Gasteiger partial charge in [0.05, 0.1) is 39.0 Å². The van der Waals surface area contributed by atoms with E-state index in [0.717, 1.165) is 5.56 Å². The molecule has 2 aromatic carbocycles. The third kappa shape index (κ3) is 4.51. The first-order valence-corrected chi connectivity index (χ1v) is 12.1. The number of rotatable bonds is 10. The Morgan fingerprint density at radius 1 is 0.895 bits per heavy atom. The number of hydrogen-bond acceptors (Lipinski definition) is 8. The molecular formula is C29H31N3O6. The molecule has 0 unspecified atom stereocenters. The summed E-state index contributed by atoms with van der Waals surface area (Å²) >= 11 is 0. The molecule has 0 bridgehead atoms. The van der Waals surface area contributed by atoms with E-state index in [4.69, 9.17) is 14.2 Å². The van der Waals surface area contributed by atoms with Gasteiger partial charge in [0.2, 0.25) is 0 Å². The van der Waals surface area contributed by atoms with Gasteiger partial charge >= 0.3 is 11.9 Å². The topological polar surface area (TPSA) is 88.6 Å². The molecule has 38 heavy (non-hydrogen) atoms. The van der Waals surface area contributed by atoms with E-state index in [9.17, 15) is 14.4 Å². The number of hydrazine groups is 1. The maximum Gasteiger partial charge on any atom is 0.356 e. The quantitative estimate of drug-likeness (QED) is 0.351. The smallest absolute Gasteiger partial charge is 0.356 e. The number of esters is 2. The fourth-order valence-corrected chi connectivity index (χ4v) is 5.21. The molecule has 0 aliphatic carbocycles. The largest absolute Gasteiger partial charge is 0.497 e. The molecule has 9 heteroatoms. The molecule has 1 amide bonds. The third-order valence-electron chi connectivity index (χ3n) is 6.76. The summed E-state index contributed by atoms with van der Waals surface area (Å²) in [5.74, 6) is -1.30. The van der Waals surface area contributed by atoms with Gasteiger partial charge in [-0.1, -0.05) is 54.6 Å². The molecule has 4 rings (SSSR count). The molecule has 198 valence electrons. The predicted octanol–water partition coefficient (Wildman–Crippen LogP) is 3.19. The summed E-state index contributed by atoms with van der Waals surface area (Å²) in [5, 5.41) is 3.07. The summed E-state index contributed by atoms with van der Waals surface area (Å²) in [6.07, 6.45) is 3.44. The number of amides is 1. The van der Waals surface area contributed by atoms with Crippen molar-refractivity contribution in [2.75, 3.05) is 34.4 Å². The molecule has 2 aliphatic rings. The highest BCUT2D eigenvalue weighted by atomic mass is 16.5. The van der Waals surface area contributed by atoms with Crippen LogP contribution in [0.15, 0.2) is 91.2 Å². The Morgan fingerprint density at radius 2 is 1.50 bits per heavy atom. The molecule has 2 aliphatic heterocycles. The van der Waals surface area contributed by atoms with E-state index >= 15 is 0 Å². The summed E-state index contributed by atoms with van der Waals surface area (Å²) in [6.45, 7) is 8.53. The highest BCUT2D eigenvalue weighted by Gasteiger charge is 2.61. The number of hydrogen-bond donors (Lipinski definition) is 0. The average Bonchev–Trinajstić information content (AvgIpc) is 3.45. The number of carbonyl (C=O) groups excluding carboxylic acids is 3. The van der Waals surface area contributed by atoms with Gasteiger partial charge in [-0.05, 0) is 23.3 Å². The lowest BCUT2D eigenvalue weighted by Crippen LogP contribution is -2.45. The zero-order valence-corrected chi connectivity index (χ0v) is 21.7. The normalized spacial score (nSPS) is 20.9. The first-order chi connectivity index (χ1) is 18.4. The van der Waals surface area contributed by atoms with E-state index in [0.29, 0.717) is 24.4 Å². The molecule has 1 fully saturated rings. The molecule has 0 aromatic heterocycles. The van der Waals surface area contributed by atoms with Crippen molar-refractivity contribution in [1.29, 1.82) is 0 Å². The fourth-order valence-electron chi connectivity index (χ4n) is 5.21. The van der Waals surface area contributed by atoms with E-state index in [1.54, 1.807) is 48.5 Å². The second-order valence-electron chi connectivity index (χ2n) is 8.78. The molecule has 0 spiro atoms. The summed E-state index contributed by atoms with van der Waals surface area (Å²) in [6, 6.07) is 14.5. The van der Waals surface area contributed by atoms with Gasteiger partial charge in [-0.3, -0.25) is 9.69 Å². The molecule has 9 nitrogen and oxygen atoms in total. The number of ether oxygens (including phenoxy) is 3. The molecule has 0 N–H and O–H groups in total. The van der Waals surface area contributed by atoms with Crippen LogP contribution in [0.3, 0.4) is 0 Å². The number of fused-ring (bicyclic) bond motifs is 1. The number of benzene rings is 2. The van der Waals surface area contributed by atoms with Crippen LogP contribution in [0, 0.1) is 0 Å². The Balaban J connectivity index is 2.01. The van der Waals surface area contributed by atoms with Crippen LogP contribution in [0.2, 0.25) is 0 Å². The molecule has 0 saturated carbocycles. The Bertz CT molecular complexity index is 1250. The van der Waals surface area contributed by atoms with Crippen molar-refractivity contribution in [2.24, 2.45) is 0 Å². The van der Waals surface area contributed by atoms with Gasteiger partial charge < -0.3 is 14.2 Å². The maximum atomic E-state index is 14.3. The summed E-state index contributed by atoms with van der Waals surface area (Å²) in [5.41, 5.74) is 1.37. The molecule has 0 radical (unpaired) electrons. The zero-order valence-electron chi connectivity index (χ0n) is 21.7. The van der Waals surface area contributed by atoms with Gasteiger partial charge in [0.1, 0.15) is 11.8 Å². The van der Waals surface area contributed by atoms with Gasteiger partial charge in [0.15, 0.2) is 5.70 Å². The number of nitrogens with zero attached hydrogens (tertiary/aromatic N) is 3. The molecule has 2 aromatic rings. The second kappa shape index (κ2) is 11.5. The van der Waals surface area contributed by atoms with Crippen molar-refractivity contribution in [1.82, 2.24) is 14.9 Å². The van der Waals surface area contributed by atoms with Crippen LogP contribution >= 0.6 is 0 Å². The van der Waals surface area contributed by atoms with Crippen LogP contribution in [0.25, 0.3) is 0 Å². The summed E-state index contributed by atoms with van der Waals surface area (Å²) in [7, 11) is 4.01. The van der Waals surface area contributed by atoms with Crippen LogP contribution in [0.5, 0.6) is 5.75 Å². The minimum Gasteiger partial charge on any atom is -0.497 e. The van der Waals surface area contributed by atoms with Crippen LogP contribution < -0.4 is 4.74 Å². The second-order valence-corrected chi connectivity index (χ2v) is 8.78. The van der Waals surface area contributed by atoms with Crippen LogP contribution in [-0.2, 0) is 23.9 Å². The summed E-state index contributed by atoms with van der Waals surface area (Å²) in [4.78, 5) is 42.7. The van der Waals surface area contributed by atoms with Crippen molar-refractivity contribution in [3.05, 3.63) is 102 Å². The highest BCUT2D eigenvalue weighted by Crippen LogP contribution is 2.52. The minimum atomic E-state index is -0.823. The van der Waals surface area contributed by atoms with Crippen LogP contribution in [0.1, 0.15) is 23.2 Å². The van der Waals surface area contributed by atoms with Crippen molar-refractivity contribution in [3.8, 4) is 5.75 Å². The Kier molecular flexibility index (Phi) is 8.09. The van der Waals surface area contributed by atoms with Crippen molar-refractivity contribution in [2.45, 2.75) is 18.1 Å². The van der Waals surface area contributed by atoms with E-state index in [1.807, 2.05) is 35.2 Å². The highest BCUT2D eigenvalue weighted by molar-refractivity contribution is 6.06. The lowest BCUT2D eigenvalue weighted by atomic mass is 9.92. The van der Waals surface area contributed by atoms with Crippen molar-refractivity contribution >= 4 is 17.8 Å². The van der Waals surface area contributed by atoms with E-state index < -0.39 is 30.1 Å². The van der Waals surface area contributed by atoms with Gasteiger partial charge in [-0.2, -0.15) is 5.01 Å². The third-order valence-corrected chi connectivity index (χ3v) is 6.76. The average molecular weight is 518 g/mol. The fraction of sp³-hybridized carbons (Fsp3) is 0.276. The summed E-state index contributed by atoms with van der Waals surface area (Å²) < 4.78 is 15.5. The minimum absolute atomic E-state index is 0.0243. The Labute approximate surface area is 222 Å². The molecule has 3 atom stereocenters. The van der Waals surface area contributed by atoms with Crippen LogP contribution in [0.4, 0.5) is 0 Å². The first-order valence-electron chi connectivity index (χ1n) is 12.1. The SMILES string of the molecule is C=CCN(CC=C)[C@H]1C(=O)N2C(C(=O)OC)=C(C(=O)OC)[C@H](c3ccc(OC)cc3)N2[C@@H]1c1ccccc1. The van der Waals surface area contributed by atoms with Gasteiger partial charge in [-0.25, -0.2) is 14.6 Å². The number of methoxy groups -OCH3 is 3. The zero-order chi connectivity index (χ0) is 27.4. The Morgan fingerprint density at radius 3 is 2.03 bits per heavy atom. The van der Waals surface area contributed by atoms with E-state index in [2.05, 4.69) is 13.2 Å². The predicted molar refractivity (Wildman–Crippen MR) is 140 cm³/mol. The maximum absolute atomic E-state index is 14.3. The lowest BCUT2D eigenvalue weighted by molar-refractivity contribution is -0.147. The van der Waals surface area contributed by atoms with Crippen molar-refractivity contribution in [3.63, 3.8) is 0 Å². The standard InChI is InChI=1S/C29H31N3O6/c1-6-17-30(18-7-2)26-24(19-11-9-8-10-12-19)31-23(20-13-15-21(36-3)16-14-20)22(28(34)37-4)25(29(35)38-5)32(31)27(26)33/h6-16,23-24,26H,1-2,17-18H2,3-5H3/t23-,24+,26+/m0/s1. The van der Waals surface area contributed by atoms with E-state index in [-0.39, 0.29) is 17.2 Å². The molecule has 1 saturated heterocycles.